The van der Waals surface area contributed by atoms with Gasteiger partial charge in [0.05, 0.1) is 18.4 Å². The minimum absolute atomic E-state index is 0.0214. The SMILES string of the molecule is COC(=O)[C@@H]1OC(=O)N(C(=O)NC2CCN(C3CCN(c4ccccc4C#N)CC3)C2)C1c1ccc(F)c(F)c1. The summed E-state index contributed by atoms with van der Waals surface area (Å²) in [6.45, 7) is 2.94. The molecule has 0 saturated carbocycles. The van der Waals surface area contributed by atoms with Crippen molar-refractivity contribution in [2.24, 2.45) is 0 Å². The van der Waals surface area contributed by atoms with Gasteiger partial charge in [-0.05, 0) is 49.1 Å². The second-order valence-electron chi connectivity index (χ2n) is 10.1. The van der Waals surface area contributed by atoms with Gasteiger partial charge in [0.25, 0.3) is 0 Å². The number of halogens is 2. The summed E-state index contributed by atoms with van der Waals surface area (Å²) in [5, 5.41) is 12.3. The maximum absolute atomic E-state index is 14.0. The number of urea groups is 1. The average Bonchev–Trinajstić information content (AvgIpc) is 3.58. The summed E-state index contributed by atoms with van der Waals surface area (Å²) in [6, 6.07) is 10.6. The maximum Gasteiger partial charge on any atom is 0.419 e. The molecule has 10 nitrogen and oxygen atoms in total. The topological polar surface area (TPSA) is 115 Å². The van der Waals surface area contributed by atoms with Gasteiger partial charge in [0.2, 0.25) is 6.10 Å². The molecule has 40 heavy (non-hydrogen) atoms. The number of cyclic esters (lactones) is 1. The molecule has 0 aliphatic carbocycles. The molecule has 3 amide bonds. The lowest BCUT2D eigenvalue weighted by molar-refractivity contribution is -0.150. The van der Waals surface area contributed by atoms with Crippen LogP contribution in [0.15, 0.2) is 42.5 Å². The van der Waals surface area contributed by atoms with E-state index in [1.54, 1.807) is 0 Å². The van der Waals surface area contributed by atoms with E-state index < -0.39 is 41.9 Å². The molecular weight excluding hydrogens is 524 g/mol. The van der Waals surface area contributed by atoms with Crippen molar-refractivity contribution in [2.45, 2.75) is 43.5 Å². The van der Waals surface area contributed by atoms with Gasteiger partial charge >= 0.3 is 18.1 Å². The number of hydrogen-bond donors (Lipinski definition) is 1. The molecule has 3 aliphatic rings. The second-order valence-corrected chi connectivity index (χ2v) is 10.1. The number of nitriles is 1. The normalized spacial score (nSPS) is 23.6. The van der Waals surface area contributed by atoms with Gasteiger partial charge in [-0.2, -0.15) is 5.26 Å². The number of benzene rings is 2. The molecule has 0 aromatic heterocycles. The van der Waals surface area contributed by atoms with Gasteiger partial charge in [-0.15, -0.1) is 0 Å². The van der Waals surface area contributed by atoms with Crippen LogP contribution in [0.4, 0.5) is 24.1 Å². The van der Waals surface area contributed by atoms with E-state index >= 15 is 0 Å². The number of para-hydroxylation sites is 1. The number of methoxy groups -OCH3 is 1. The summed E-state index contributed by atoms with van der Waals surface area (Å²) in [5.74, 6) is -3.21. The van der Waals surface area contributed by atoms with Crippen LogP contribution < -0.4 is 10.2 Å². The number of likely N-dealkylation sites (tertiary alicyclic amines) is 1. The van der Waals surface area contributed by atoms with Gasteiger partial charge in [0, 0.05) is 38.3 Å². The van der Waals surface area contributed by atoms with Crippen molar-refractivity contribution in [2.75, 3.05) is 38.2 Å². The van der Waals surface area contributed by atoms with E-state index in [0.717, 1.165) is 62.3 Å². The molecule has 12 heteroatoms. The highest BCUT2D eigenvalue weighted by molar-refractivity contribution is 5.96. The van der Waals surface area contributed by atoms with Crippen LogP contribution in [0.3, 0.4) is 0 Å². The molecule has 0 radical (unpaired) electrons. The van der Waals surface area contributed by atoms with E-state index in [1.165, 1.54) is 6.07 Å². The number of rotatable bonds is 5. The summed E-state index contributed by atoms with van der Waals surface area (Å²) in [4.78, 5) is 43.6. The molecular formula is C28H29F2N5O5. The number of carbonyl (C=O) groups excluding carboxylic acids is 3. The smallest absolute Gasteiger partial charge is 0.419 e. The summed E-state index contributed by atoms with van der Waals surface area (Å²) < 4.78 is 37.4. The minimum Gasteiger partial charge on any atom is -0.466 e. The molecule has 5 rings (SSSR count). The Kier molecular flexibility index (Phi) is 7.84. The van der Waals surface area contributed by atoms with Crippen molar-refractivity contribution in [3.8, 4) is 6.07 Å². The first-order valence-electron chi connectivity index (χ1n) is 13.1. The summed E-state index contributed by atoms with van der Waals surface area (Å²) in [5.41, 5.74) is 1.61. The zero-order chi connectivity index (χ0) is 28.4. The van der Waals surface area contributed by atoms with Gasteiger partial charge < -0.3 is 19.7 Å². The highest BCUT2D eigenvalue weighted by Gasteiger charge is 2.51. The van der Waals surface area contributed by atoms with Gasteiger partial charge in [-0.25, -0.2) is 28.1 Å². The van der Waals surface area contributed by atoms with Crippen LogP contribution in [0.2, 0.25) is 0 Å². The molecule has 2 unspecified atom stereocenters. The van der Waals surface area contributed by atoms with Crippen molar-refractivity contribution in [3.63, 3.8) is 0 Å². The number of anilines is 1. The average molecular weight is 554 g/mol. The van der Waals surface area contributed by atoms with Crippen LogP contribution >= 0.6 is 0 Å². The fraction of sp³-hybridized carbons (Fsp3) is 0.429. The molecule has 210 valence electrons. The Hall–Kier alpha value is -4.24. The quantitative estimate of drug-likeness (QED) is 0.561. The number of ether oxygens (including phenoxy) is 2. The largest absolute Gasteiger partial charge is 0.466 e. The van der Waals surface area contributed by atoms with Crippen molar-refractivity contribution in [3.05, 3.63) is 65.2 Å². The standard InChI is InChI=1S/C28H29F2N5O5/c1-39-26(36)25-24(17-6-7-21(29)22(30)14-17)35(28(38)40-25)27(37)32-19-8-11-34(16-19)20-9-12-33(13-10-20)23-5-3-2-4-18(23)15-31/h2-7,14,19-20,24-25H,8-13,16H2,1H3,(H,32,37)/t19?,24?,25-/m1/s1. The molecule has 0 spiro atoms. The lowest BCUT2D eigenvalue weighted by Crippen LogP contribution is -2.49. The summed E-state index contributed by atoms with van der Waals surface area (Å²) in [7, 11) is 1.10. The number of esters is 1. The van der Waals surface area contributed by atoms with E-state index in [2.05, 4.69) is 21.2 Å². The maximum atomic E-state index is 14.0. The third-order valence-electron chi connectivity index (χ3n) is 7.82. The highest BCUT2D eigenvalue weighted by atomic mass is 19.2. The fourth-order valence-corrected chi connectivity index (χ4v) is 5.80. The van der Waals surface area contributed by atoms with E-state index in [1.807, 2.05) is 24.3 Å². The van der Waals surface area contributed by atoms with E-state index in [-0.39, 0.29) is 11.6 Å². The number of imide groups is 1. The Bertz CT molecular complexity index is 1340. The number of nitrogens with zero attached hydrogens (tertiary/aromatic N) is 4. The van der Waals surface area contributed by atoms with Crippen LogP contribution in [0, 0.1) is 23.0 Å². The summed E-state index contributed by atoms with van der Waals surface area (Å²) in [6.07, 6.45) is -0.148. The Morgan fingerprint density at radius 2 is 1.82 bits per heavy atom. The van der Waals surface area contributed by atoms with Crippen LogP contribution in [0.25, 0.3) is 0 Å². The van der Waals surface area contributed by atoms with Crippen molar-refractivity contribution >= 4 is 23.8 Å². The lowest BCUT2D eigenvalue weighted by Gasteiger charge is -2.38. The molecule has 3 atom stereocenters. The molecule has 0 bridgehead atoms. The molecule has 1 N–H and O–H groups in total. The zero-order valence-corrected chi connectivity index (χ0v) is 21.9. The number of piperidine rings is 1. The Morgan fingerprint density at radius 3 is 2.52 bits per heavy atom. The predicted octanol–water partition coefficient (Wildman–Crippen LogP) is 3.32. The Labute approximate surface area is 230 Å². The van der Waals surface area contributed by atoms with E-state index in [0.29, 0.717) is 24.6 Å². The molecule has 2 aromatic carbocycles. The molecule has 2 aromatic rings. The van der Waals surface area contributed by atoms with Crippen LogP contribution in [0.1, 0.15) is 36.4 Å². The number of nitrogens with one attached hydrogen (secondary N) is 1. The second kappa shape index (κ2) is 11.5. The first kappa shape index (κ1) is 27.3. The highest BCUT2D eigenvalue weighted by Crippen LogP contribution is 2.35. The summed E-state index contributed by atoms with van der Waals surface area (Å²) >= 11 is 0. The first-order chi connectivity index (χ1) is 19.3. The fourth-order valence-electron chi connectivity index (χ4n) is 5.80. The molecule has 3 saturated heterocycles. The zero-order valence-electron chi connectivity index (χ0n) is 21.9. The van der Waals surface area contributed by atoms with Crippen LogP contribution in [-0.2, 0) is 14.3 Å². The van der Waals surface area contributed by atoms with Crippen LogP contribution in [0.5, 0.6) is 0 Å². The lowest BCUT2D eigenvalue weighted by atomic mass is 10.0. The van der Waals surface area contributed by atoms with Crippen molar-refractivity contribution in [1.29, 1.82) is 5.26 Å². The third-order valence-corrected chi connectivity index (χ3v) is 7.82. The van der Waals surface area contributed by atoms with Gasteiger partial charge in [0.1, 0.15) is 12.1 Å². The molecule has 3 aliphatic heterocycles. The van der Waals surface area contributed by atoms with Crippen molar-refractivity contribution < 1.29 is 32.6 Å². The Balaban J connectivity index is 1.22. The van der Waals surface area contributed by atoms with Gasteiger partial charge in [0.15, 0.2) is 11.6 Å². The Morgan fingerprint density at radius 1 is 1.07 bits per heavy atom. The van der Waals surface area contributed by atoms with E-state index in [9.17, 15) is 28.4 Å². The predicted molar refractivity (Wildman–Crippen MR) is 138 cm³/mol. The number of amides is 3. The molecule has 3 heterocycles. The monoisotopic (exact) mass is 553 g/mol. The number of hydrogen-bond acceptors (Lipinski definition) is 8. The van der Waals surface area contributed by atoms with Crippen LogP contribution in [-0.4, -0.2) is 79.4 Å². The van der Waals surface area contributed by atoms with Gasteiger partial charge in [-0.3, -0.25) is 4.90 Å². The minimum atomic E-state index is -1.52. The molecule has 3 fully saturated rings. The number of carbonyl (C=O) groups is 3. The first-order valence-corrected chi connectivity index (χ1v) is 13.1. The van der Waals surface area contributed by atoms with E-state index in [4.69, 9.17) is 9.47 Å². The van der Waals surface area contributed by atoms with Gasteiger partial charge in [-0.1, -0.05) is 18.2 Å². The van der Waals surface area contributed by atoms with Crippen molar-refractivity contribution in [1.82, 2.24) is 15.1 Å². The third kappa shape index (κ3) is 5.29.